The smallest absolute Gasteiger partial charge is 0.128 e. The first-order valence-corrected chi connectivity index (χ1v) is 6.33. The van der Waals surface area contributed by atoms with Crippen molar-refractivity contribution in [2.24, 2.45) is 0 Å². The van der Waals surface area contributed by atoms with Crippen molar-refractivity contribution in [2.45, 2.75) is 12.1 Å². The van der Waals surface area contributed by atoms with Crippen molar-refractivity contribution in [1.82, 2.24) is 5.32 Å². The van der Waals surface area contributed by atoms with Gasteiger partial charge in [-0.3, -0.25) is 0 Å². The summed E-state index contributed by atoms with van der Waals surface area (Å²) in [4.78, 5) is 0. The minimum atomic E-state index is -0.235. The maximum Gasteiger partial charge on any atom is 0.128 e. The molecule has 2 unspecified atom stereocenters. The van der Waals surface area contributed by atoms with Gasteiger partial charge in [0.05, 0.1) is 25.9 Å². The van der Waals surface area contributed by atoms with Gasteiger partial charge in [0.25, 0.3) is 0 Å². The lowest BCUT2D eigenvalue weighted by Crippen LogP contribution is -2.39. The van der Waals surface area contributed by atoms with Gasteiger partial charge in [-0.25, -0.2) is 4.39 Å². The number of hydrogen-bond acceptors (Lipinski definition) is 3. The van der Waals surface area contributed by atoms with Crippen LogP contribution in [0.3, 0.4) is 0 Å². The molecule has 3 nitrogen and oxygen atoms in total. The molecule has 1 aliphatic rings. The van der Waals surface area contributed by atoms with E-state index in [9.17, 15) is 4.39 Å². The number of ether oxygens (including phenoxy) is 2. The molecule has 0 bridgehead atoms. The van der Waals surface area contributed by atoms with Crippen molar-refractivity contribution in [1.29, 1.82) is 0 Å². The van der Waals surface area contributed by atoms with E-state index in [2.05, 4.69) is 21.2 Å². The molecular weight excluding hydrogens is 289 g/mol. The normalized spacial score (nSPS) is 22.4. The van der Waals surface area contributed by atoms with Gasteiger partial charge >= 0.3 is 0 Å². The van der Waals surface area contributed by atoms with Crippen LogP contribution in [0.1, 0.15) is 11.6 Å². The Morgan fingerprint density at radius 2 is 2.29 bits per heavy atom. The Labute approximate surface area is 108 Å². The summed E-state index contributed by atoms with van der Waals surface area (Å²) >= 11 is 3.35. The van der Waals surface area contributed by atoms with Crippen LogP contribution >= 0.6 is 15.9 Å². The minimum Gasteiger partial charge on any atom is -0.376 e. The van der Waals surface area contributed by atoms with Crippen LogP contribution in [0, 0.1) is 5.82 Å². The Kier molecular flexibility index (Phi) is 4.50. The molecule has 1 N–H and O–H groups in total. The molecule has 17 heavy (non-hydrogen) atoms. The fraction of sp³-hybridized carbons (Fsp3) is 0.500. The van der Waals surface area contributed by atoms with Crippen molar-refractivity contribution in [2.75, 3.05) is 26.9 Å². The topological polar surface area (TPSA) is 30.5 Å². The lowest BCUT2D eigenvalue weighted by Gasteiger charge is -2.30. The number of rotatable bonds is 3. The second-order valence-electron chi connectivity index (χ2n) is 3.92. The van der Waals surface area contributed by atoms with Crippen LogP contribution in [0.5, 0.6) is 0 Å². The summed E-state index contributed by atoms with van der Waals surface area (Å²) in [6.45, 7) is 1.64. The lowest BCUT2D eigenvalue weighted by atomic mass is 10.0. The molecule has 0 spiro atoms. The number of hydrogen-bond donors (Lipinski definition) is 1. The van der Waals surface area contributed by atoms with E-state index in [1.54, 1.807) is 19.2 Å². The predicted molar refractivity (Wildman–Crippen MR) is 66.5 cm³/mol. The highest BCUT2D eigenvalue weighted by molar-refractivity contribution is 9.10. The highest BCUT2D eigenvalue weighted by Gasteiger charge is 2.27. The molecule has 1 fully saturated rings. The summed E-state index contributed by atoms with van der Waals surface area (Å²) < 4.78 is 25.6. The Morgan fingerprint density at radius 1 is 1.47 bits per heavy atom. The van der Waals surface area contributed by atoms with E-state index >= 15 is 0 Å². The Bertz CT molecular complexity index is 383. The van der Waals surface area contributed by atoms with Crippen LogP contribution in [-0.4, -0.2) is 33.0 Å². The summed E-state index contributed by atoms with van der Waals surface area (Å²) in [5, 5.41) is 3.09. The molecule has 0 amide bonds. The number of likely N-dealkylation sites (N-methyl/N-ethyl adjacent to an activating group) is 1. The van der Waals surface area contributed by atoms with Crippen LogP contribution in [0.2, 0.25) is 0 Å². The van der Waals surface area contributed by atoms with Gasteiger partial charge in [0.15, 0.2) is 0 Å². The fourth-order valence-corrected chi connectivity index (χ4v) is 2.37. The maximum atomic E-state index is 13.8. The standard InChI is InChI=1S/C12H15BrFNO2/c1-15-12(11-7-16-4-5-17-11)9-6-8(13)2-3-10(9)14/h2-3,6,11-12,15H,4-5,7H2,1H3. The van der Waals surface area contributed by atoms with Crippen LogP contribution in [-0.2, 0) is 9.47 Å². The third kappa shape index (κ3) is 3.04. The zero-order chi connectivity index (χ0) is 12.3. The van der Waals surface area contributed by atoms with E-state index in [1.165, 1.54) is 6.07 Å². The van der Waals surface area contributed by atoms with Gasteiger partial charge < -0.3 is 14.8 Å². The SMILES string of the molecule is CNC(c1cc(Br)ccc1F)C1COCCO1. The number of benzene rings is 1. The highest BCUT2D eigenvalue weighted by atomic mass is 79.9. The van der Waals surface area contributed by atoms with E-state index in [1.807, 2.05) is 0 Å². The largest absolute Gasteiger partial charge is 0.376 e. The number of halogens is 2. The summed E-state index contributed by atoms with van der Waals surface area (Å²) in [5.74, 6) is -0.235. The molecule has 1 aliphatic heterocycles. The zero-order valence-corrected chi connectivity index (χ0v) is 11.2. The van der Waals surface area contributed by atoms with Crippen molar-refractivity contribution in [3.8, 4) is 0 Å². The van der Waals surface area contributed by atoms with E-state index in [-0.39, 0.29) is 18.0 Å². The first-order valence-electron chi connectivity index (χ1n) is 5.54. The van der Waals surface area contributed by atoms with E-state index < -0.39 is 0 Å². The monoisotopic (exact) mass is 303 g/mol. The molecule has 0 aromatic heterocycles. The van der Waals surface area contributed by atoms with Crippen LogP contribution in [0.15, 0.2) is 22.7 Å². The van der Waals surface area contributed by atoms with Crippen molar-refractivity contribution in [3.63, 3.8) is 0 Å². The third-order valence-corrected chi connectivity index (χ3v) is 3.31. The molecule has 1 saturated heterocycles. The van der Waals surface area contributed by atoms with Gasteiger partial charge in [0, 0.05) is 10.0 Å². The quantitative estimate of drug-likeness (QED) is 0.929. The molecule has 2 rings (SSSR count). The van der Waals surface area contributed by atoms with Crippen molar-refractivity contribution in [3.05, 3.63) is 34.1 Å². The molecule has 1 aromatic carbocycles. The molecule has 2 atom stereocenters. The number of nitrogens with one attached hydrogen (secondary N) is 1. The van der Waals surface area contributed by atoms with E-state index in [0.29, 0.717) is 25.4 Å². The van der Waals surface area contributed by atoms with E-state index in [4.69, 9.17) is 9.47 Å². The van der Waals surface area contributed by atoms with Gasteiger partial charge in [-0.15, -0.1) is 0 Å². The first-order chi connectivity index (χ1) is 8.22. The van der Waals surface area contributed by atoms with Crippen molar-refractivity contribution >= 4 is 15.9 Å². The summed E-state index contributed by atoms with van der Waals surface area (Å²) in [6, 6.07) is 4.71. The van der Waals surface area contributed by atoms with Crippen LogP contribution in [0.25, 0.3) is 0 Å². The van der Waals surface area contributed by atoms with Gasteiger partial charge in [-0.05, 0) is 25.2 Å². The second kappa shape index (κ2) is 5.91. The zero-order valence-electron chi connectivity index (χ0n) is 9.58. The Morgan fingerprint density at radius 3 is 2.94 bits per heavy atom. The first kappa shape index (κ1) is 13.0. The van der Waals surface area contributed by atoms with Gasteiger partial charge in [-0.2, -0.15) is 0 Å². The summed E-state index contributed by atoms with van der Waals surface area (Å²) in [7, 11) is 1.79. The maximum absolute atomic E-state index is 13.8. The molecule has 94 valence electrons. The van der Waals surface area contributed by atoms with Crippen molar-refractivity contribution < 1.29 is 13.9 Å². The Balaban J connectivity index is 2.24. The molecule has 1 aromatic rings. The minimum absolute atomic E-state index is 0.155. The van der Waals surface area contributed by atoms with Gasteiger partial charge in [-0.1, -0.05) is 15.9 Å². The van der Waals surface area contributed by atoms with Gasteiger partial charge in [0.1, 0.15) is 11.9 Å². The summed E-state index contributed by atoms with van der Waals surface area (Å²) in [5.41, 5.74) is 0.595. The Hall–Kier alpha value is -0.490. The van der Waals surface area contributed by atoms with Gasteiger partial charge in [0.2, 0.25) is 0 Å². The van der Waals surface area contributed by atoms with E-state index in [0.717, 1.165) is 4.47 Å². The molecule has 0 radical (unpaired) electrons. The molecule has 0 saturated carbocycles. The predicted octanol–water partition coefficient (Wildman–Crippen LogP) is 2.26. The molecule has 1 heterocycles. The highest BCUT2D eigenvalue weighted by Crippen LogP contribution is 2.26. The molecular formula is C12H15BrFNO2. The average Bonchev–Trinajstić information content (AvgIpc) is 2.36. The summed E-state index contributed by atoms with van der Waals surface area (Å²) in [6.07, 6.45) is -0.155. The lowest BCUT2D eigenvalue weighted by molar-refractivity contribution is -0.102. The molecule has 5 heteroatoms. The second-order valence-corrected chi connectivity index (χ2v) is 4.83. The fourth-order valence-electron chi connectivity index (χ4n) is 1.99. The third-order valence-electron chi connectivity index (χ3n) is 2.82. The van der Waals surface area contributed by atoms with Crippen LogP contribution in [0.4, 0.5) is 4.39 Å². The average molecular weight is 304 g/mol. The van der Waals surface area contributed by atoms with Crippen LogP contribution < -0.4 is 5.32 Å². The molecule has 0 aliphatic carbocycles.